The van der Waals surface area contributed by atoms with Gasteiger partial charge in [0, 0.05) is 12.7 Å². The van der Waals surface area contributed by atoms with E-state index in [0.29, 0.717) is 23.5 Å². The van der Waals surface area contributed by atoms with E-state index in [9.17, 15) is 9.59 Å². The maximum Gasteiger partial charge on any atom is 0.276 e. The fourth-order valence-corrected chi connectivity index (χ4v) is 3.59. The van der Waals surface area contributed by atoms with Crippen LogP contribution in [-0.4, -0.2) is 35.2 Å². The number of nitrogens with zero attached hydrogens (tertiary/aromatic N) is 2. The van der Waals surface area contributed by atoms with E-state index in [0.717, 1.165) is 23.2 Å². The molecule has 1 aromatic heterocycles. The molecule has 0 atom stereocenters. The molecule has 0 spiro atoms. The Hall–Kier alpha value is -4.39. The van der Waals surface area contributed by atoms with Crippen LogP contribution < -0.4 is 15.4 Å². The molecule has 0 aliphatic rings. The van der Waals surface area contributed by atoms with Gasteiger partial charge in [-0.15, -0.1) is 0 Å². The van der Waals surface area contributed by atoms with Crippen LogP contribution >= 0.6 is 0 Å². The number of amides is 2. The van der Waals surface area contributed by atoms with Crippen LogP contribution in [0.15, 0.2) is 85.1 Å². The number of benzene rings is 3. The summed E-state index contributed by atoms with van der Waals surface area (Å²) in [6, 6.07) is 24.2. The summed E-state index contributed by atoms with van der Waals surface area (Å²) in [4.78, 5) is 25.7. The van der Waals surface area contributed by atoms with Gasteiger partial charge in [0.25, 0.3) is 11.8 Å². The summed E-state index contributed by atoms with van der Waals surface area (Å²) in [7, 11) is 1.59. The van der Waals surface area contributed by atoms with Crippen LogP contribution in [0.3, 0.4) is 0 Å². The lowest BCUT2D eigenvalue weighted by Crippen LogP contribution is -2.27. The number of hydrogen-bond donors (Lipinski definition) is 2. The van der Waals surface area contributed by atoms with Crippen molar-refractivity contribution in [2.45, 2.75) is 13.3 Å². The lowest BCUT2D eigenvalue weighted by molar-refractivity contribution is 0.0955. The van der Waals surface area contributed by atoms with Gasteiger partial charge < -0.3 is 15.4 Å². The Morgan fingerprint density at radius 3 is 2.50 bits per heavy atom. The number of anilines is 1. The number of methoxy groups -OCH3 is 1. The van der Waals surface area contributed by atoms with Gasteiger partial charge in [-0.05, 0) is 54.8 Å². The molecule has 0 saturated heterocycles. The molecular formula is C27H26N4O3. The minimum absolute atomic E-state index is 0.225. The molecule has 0 aliphatic carbocycles. The SMILES string of the molecule is COc1ccc(C)cc1-n1ccc(C(=O)Nc2ccccc2C(=O)NCCc2ccccc2)n1. The molecule has 7 heteroatoms. The quantitative estimate of drug-likeness (QED) is 0.413. The number of ether oxygens (including phenoxy) is 1. The minimum atomic E-state index is -0.407. The Morgan fingerprint density at radius 1 is 0.941 bits per heavy atom. The van der Waals surface area contributed by atoms with Crippen molar-refractivity contribution in [2.24, 2.45) is 0 Å². The smallest absolute Gasteiger partial charge is 0.276 e. The van der Waals surface area contributed by atoms with E-state index in [1.807, 2.05) is 55.5 Å². The molecule has 172 valence electrons. The van der Waals surface area contributed by atoms with Crippen LogP contribution in [0.25, 0.3) is 5.69 Å². The lowest BCUT2D eigenvalue weighted by atomic mass is 10.1. The lowest BCUT2D eigenvalue weighted by Gasteiger charge is -2.11. The number of para-hydroxylation sites is 1. The third-order valence-corrected chi connectivity index (χ3v) is 5.36. The van der Waals surface area contributed by atoms with Crippen LogP contribution in [0.2, 0.25) is 0 Å². The number of aryl methyl sites for hydroxylation is 1. The van der Waals surface area contributed by atoms with Gasteiger partial charge in [0.1, 0.15) is 11.4 Å². The molecule has 0 aliphatic heterocycles. The predicted molar refractivity (Wildman–Crippen MR) is 132 cm³/mol. The Kier molecular flexibility index (Phi) is 7.03. The molecule has 0 bridgehead atoms. The number of nitrogens with one attached hydrogen (secondary N) is 2. The number of carbonyl (C=O) groups is 2. The molecule has 4 rings (SSSR count). The molecule has 0 radical (unpaired) electrons. The average molecular weight is 455 g/mol. The van der Waals surface area contributed by atoms with Crippen molar-refractivity contribution >= 4 is 17.5 Å². The van der Waals surface area contributed by atoms with E-state index in [1.165, 1.54) is 0 Å². The summed E-state index contributed by atoms with van der Waals surface area (Å²) in [5.74, 6) is -0.00468. The van der Waals surface area contributed by atoms with Crippen LogP contribution in [0.4, 0.5) is 5.69 Å². The highest BCUT2D eigenvalue weighted by molar-refractivity contribution is 6.08. The molecule has 3 aromatic carbocycles. The highest BCUT2D eigenvalue weighted by atomic mass is 16.5. The third-order valence-electron chi connectivity index (χ3n) is 5.36. The molecule has 4 aromatic rings. The number of rotatable bonds is 8. The second kappa shape index (κ2) is 10.5. The number of carbonyl (C=O) groups excluding carboxylic acids is 2. The van der Waals surface area contributed by atoms with Crippen LogP contribution in [0, 0.1) is 6.92 Å². The third kappa shape index (κ3) is 5.32. The Morgan fingerprint density at radius 2 is 1.71 bits per heavy atom. The molecule has 1 heterocycles. The zero-order valence-electron chi connectivity index (χ0n) is 19.1. The summed E-state index contributed by atoms with van der Waals surface area (Å²) >= 11 is 0. The first-order chi connectivity index (χ1) is 16.5. The van der Waals surface area contributed by atoms with E-state index in [2.05, 4.69) is 15.7 Å². The van der Waals surface area contributed by atoms with Crippen molar-refractivity contribution in [3.63, 3.8) is 0 Å². The second-order valence-electron chi connectivity index (χ2n) is 7.81. The molecule has 0 fully saturated rings. The largest absolute Gasteiger partial charge is 0.494 e. The Bertz CT molecular complexity index is 1300. The van der Waals surface area contributed by atoms with E-state index < -0.39 is 5.91 Å². The van der Waals surface area contributed by atoms with E-state index in [1.54, 1.807) is 48.3 Å². The van der Waals surface area contributed by atoms with Crippen molar-refractivity contribution in [1.82, 2.24) is 15.1 Å². The van der Waals surface area contributed by atoms with Crippen LogP contribution in [-0.2, 0) is 6.42 Å². The van der Waals surface area contributed by atoms with Gasteiger partial charge in [-0.2, -0.15) is 5.10 Å². The first-order valence-electron chi connectivity index (χ1n) is 11.0. The predicted octanol–water partition coefficient (Wildman–Crippen LogP) is 4.41. The van der Waals surface area contributed by atoms with Crippen molar-refractivity contribution in [3.8, 4) is 11.4 Å². The first kappa shape index (κ1) is 22.8. The highest BCUT2D eigenvalue weighted by Gasteiger charge is 2.17. The Balaban J connectivity index is 1.45. The standard InChI is InChI=1S/C27H26N4O3/c1-19-12-13-25(34-2)24(18-19)31-17-15-23(30-31)27(33)29-22-11-7-6-10-21(22)26(32)28-16-14-20-8-4-3-5-9-20/h3-13,15,17-18H,14,16H2,1-2H3,(H,28,32)(H,29,33). The van der Waals surface area contributed by atoms with Crippen molar-refractivity contribution in [1.29, 1.82) is 0 Å². The van der Waals surface area contributed by atoms with Gasteiger partial charge >= 0.3 is 0 Å². The van der Waals surface area contributed by atoms with Gasteiger partial charge in [0.15, 0.2) is 5.69 Å². The summed E-state index contributed by atoms with van der Waals surface area (Å²) < 4.78 is 7.02. The summed E-state index contributed by atoms with van der Waals surface area (Å²) in [5.41, 5.74) is 3.97. The summed E-state index contributed by atoms with van der Waals surface area (Å²) in [6.07, 6.45) is 2.43. The minimum Gasteiger partial charge on any atom is -0.494 e. The molecule has 2 amide bonds. The van der Waals surface area contributed by atoms with E-state index >= 15 is 0 Å². The highest BCUT2D eigenvalue weighted by Crippen LogP contribution is 2.24. The van der Waals surface area contributed by atoms with Crippen LogP contribution in [0.5, 0.6) is 5.75 Å². The van der Waals surface area contributed by atoms with Crippen molar-refractivity contribution < 1.29 is 14.3 Å². The van der Waals surface area contributed by atoms with Crippen molar-refractivity contribution in [2.75, 3.05) is 19.0 Å². The van der Waals surface area contributed by atoms with Gasteiger partial charge in [-0.1, -0.05) is 48.5 Å². The molecular weight excluding hydrogens is 428 g/mol. The van der Waals surface area contributed by atoms with Gasteiger partial charge in [-0.3, -0.25) is 9.59 Å². The van der Waals surface area contributed by atoms with Gasteiger partial charge in [-0.25, -0.2) is 4.68 Å². The first-order valence-corrected chi connectivity index (χ1v) is 11.0. The topological polar surface area (TPSA) is 85.2 Å². The van der Waals surface area contributed by atoms with Gasteiger partial charge in [0.2, 0.25) is 0 Å². The fraction of sp³-hybridized carbons (Fsp3) is 0.148. The molecule has 34 heavy (non-hydrogen) atoms. The zero-order chi connectivity index (χ0) is 23.9. The summed E-state index contributed by atoms with van der Waals surface area (Å²) in [6.45, 7) is 2.47. The zero-order valence-corrected chi connectivity index (χ0v) is 19.1. The van der Waals surface area contributed by atoms with Crippen molar-refractivity contribution in [3.05, 3.63) is 107 Å². The maximum atomic E-state index is 12.9. The van der Waals surface area contributed by atoms with Gasteiger partial charge in [0.05, 0.1) is 18.4 Å². The number of hydrogen-bond acceptors (Lipinski definition) is 4. The maximum absolute atomic E-state index is 12.9. The van der Waals surface area contributed by atoms with Crippen LogP contribution in [0.1, 0.15) is 32.0 Å². The normalized spacial score (nSPS) is 10.5. The fourth-order valence-electron chi connectivity index (χ4n) is 3.59. The molecule has 7 nitrogen and oxygen atoms in total. The Labute approximate surface area is 198 Å². The number of aromatic nitrogens is 2. The monoisotopic (exact) mass is 454 g/mol. The van der Waals surface area contributed by atoms with E-state index in [-0.39, 0.29) is 11.6 Å². The molecule has 2 N–H and O–H groups in total. The average Bonchev–Trinajstić information content (AvgIpc) is 3.35. The van der Waals surface area contributed by atoms with E-state index in [4.69, 9.17) is 4.74 Å². The second-order valence-corrected chi connectivity index (χ2v) is 7.81. The molecule has 0 saturated carbocycles. The summed E-state index contributed by atoms with van der Waals surface area (Å²) in [5, 5.41) is 10.1. The molecule has 0 unspecified atom stereocenters.